The third-order valence-corrected chi connectivity index (χ3v) is 3.88. The molecule has 3 rings (SSSR count). The Morgan fingerprint density at radius 1 is 0.941 bits per heavy atom. The summed E-state index contributed by atoms with van der Waals surface area (Å²) in [4.78, 5) is 1.09. The van der Waals surface area contributed by atoms with Crippen LogP contribution in [0.3, 0.4) is 0 Å². The van der Waals surface area contributed by atoms with E-state index in [-0.39, 0.29) is 0 Å². The first kappa shape index (κ1) is 10.9. The number of halogens is 1. The minimum absolute atomic E-state index is 0.769. The van der Waals surface area contributed by atoms with E-state index in [1.54, 1.807) is 0 Å². The lowest BCUT2D eigenvalue weighted by molar-refractivity contribution is 1.32. The van der Waals surface area contributed by atoms with Gasteiger partial charge in [0.25, 0.3) is 0 Å². The Morgan fingerprint density at radius 2 is 1.65 bits per heavy atom. The normalized spacial score (nSPS) is 14.0. The van der Waals surface area contributed by atoms with Gasteiger partial charge in [-0.25, -0.2) is 0 Å². The lowest BCUT2D eigenvalue weighted by atomic mass is 10.0. The highest BCUT2D eigenvalue weighted by Crippen LogP contribution is 2.40. The molecule has 0 aromatic heterocycles. The van der Waals surface area contributed by atoms with E-state index in [0.29, 0.717) is 0 Å². The second-order valence-corrected chi connectivity index (χ2v) is 5.05. The summed E-state index contributed by atoms with van der Waals surface area (Å²) >= 11 is 10.6. The molecule has 0 heterocycles. The topological polar surface area (TPSA) is 0 Å². The molecule has 0 unspecified atom stereocenters. The zero-order valence-electron chi connectivity index (χ0n) is 9.15. The van der Waals surface area contributed by atoms with E-state index in [1.807, 2.05) is 12.1 Å². The maximum absolute atomic E-state index is 5.91. The fourth-order valence-corrected chi connectivity index (χ4v) is 2.78. The Morgan fingerprint density at radius 3 is 2.35 bits per heavy atom. The average molecular weight is 259 g/mol. The van der Waals surface area contributed by atoms with Crippen LogP contribution in [0.5, 0.6) is 0 Å². The van der Waals surface area contributed by atoms with Crippen LogP contribution < -0.4 is 0 Å². The average Bonchev–Trinajstić information content (AvgIpc) is 2.69. The van der Waals surface area contributed by atoms with Gasteiger partial charge in [-0.1, -0.05) is 48.0 Å². The Balaban J connectivity index is 2.08. The van der Waals surface area contributed by atoms with E-state index in [2.05, 4.69) is 49.0 Å². The number of fused-ring (bicyclic) bond motifs is 1. The number of allylic oxidation sites excluding steroid dienone is 1. The fraction of sp³-hybridized carbons (Fsp3) is 0.0667. The third-order valence-electron chi connectivity index (χ3n) is 3.12. The summed E-state index contributed by atoms with van der Waals surface area (Å²) < 4.78 is 0. The number of hydrogen-bond donors (Lipinski definition) is 1. The predicted octanol–water partition coefficient (Wildman–Crippen LogP) is 4.69. The lowest BCUT2D eigenvalue weighted by Crippen LogP contribution is -1.85. The summed E-state index contributed by atoms with van der Waals surface area (Å²) in [5, 5.41) is 0.769. The van der Waals surface area contributed by atoms with Crippen LogP contribution in [0.15, 0.2) is 48.5 Å². The van der Waals surface area contributed by atoms with Crippen LogP contribution >= 0.6 is 24.2 Å². The maximum atomic E-state index is 5.91. The van der Waals surface area contributed by atoms with Crippen molar-refractivity contribution >= 4 is 34.7 Å². The molecule has 0 radical (unpaired) electrons. The van der Waals surface area contributed by atoms with E-state index in [4.69, 9.17) is 11.6 Å². The highest BCUT2D eigenvalue weighted by molar-refractivity contribution is 7.90. The molecular formula is C15H11ClS. The van der Waals surface area contributed by atoms with Gasteiger partial charge < -0.3 is 0 Å². The molecule has 0 saturated carbocycles. The monoisotopic (exact) mass is 258 g/mol. The number of hydrogen-bond acceptors (Lipinski definition) is 1. The molecule has 0 fully saturated rings. The van der Waals surface area contributed by atoms with Crippen molar-refractivity contribution in [3.05, 3.63) is 70.2 Å². The van der Waals surface area contributed by atoms with Crippen molar-refractivity contribution in [1.82, 2.24) is 0 Å². The van der Waals surface area contributed by atoms with Crippen LogP contribution in [0.25, 0.3) is 10.5 Å². The van der Waals surface area contributed by atoms with Gasteiger partial charge in [-0.05, 0) is 40.8 Å². The van der Waals surface area contributed by atoms with E-state index < -0.39 is 0 Å². The molecule has 0 nitrogen and oxygen atoms in total. The largest absolute Gasteiger partial charge is 0.142 e. The molecule has 0 spiro atoms. The molecule has 1 aliphatic carbocycles. The van der Waals surface area contributed by atoms with Crippen molar-refractivity contribution in [3.63, 3.8) is 0 Å². The second kappa shape index (κ2) is 4.25. The third kappa shape index (κ3) is 1.90. The molecule has 17 heavy (non-hydrogen) atoms. The number of benzene rings is 2. The van der Waals surface area contributed by atoms with Crippen LogP contribution in [0.4, 0.5) is 0 Å². The van der Waals surface area contributed by atoms with Crippen molar-refractivity contribution in [3.8, 4) is 0 Å². The number of rotatable bonds is 1. The fourth-order valence-electron chi connectivity index (χ4n) is 2.23. The first-order valence-corrected chi connectivity index (χ1v) is 6.34. The summed E-state index contributed by atoms with van der Waals surface area (Å²) in [6, 6.07) is 16.4. The molecule has 1 aliphatic rings. The van der Waals surface area contributed by atoms with Crippen LogP contribution in [-0.2, 0) is 6.42 Å². The van der Waals surface area contributed by atoms with E-state index in [0.717, 1.165) is 16.3 Å². The molecule has 0 aliphatic heterocycles. The highest BCUT2D eigenvalue weighted by atomic mass is 35.5. The molecule has 84 valence electrons. The Labute approximate surface area is 111 Å². The van der Waals surface area contributed by atoms with Gasteiger partial charge in [0, 0.05) is 9.93 Å². The molecule has 0 bridgehead atoms. The predicted molar refractivity (Wildman–Crippen MR) is 77.4 cm³/mol. The van der Waals surface area contributed by atoms with Crippen LogP contribution in [0.2, 0.25) is 5.02 Å². The molecule has 0 amide bonds. The maximum Gasteiger partial charge on any atom is 0.0406 e. The minimum atomic E-state index is 0.769. The highest BCUT2D eigenvalue weighted by Gasteiger charge is 2.19. The summed E-state index contributed by atoms with van der Waals surface area (Å²) in [6.07, 6.45) is 0.955. The standard InChI is InChI=1S/C15H11ClS/c16-12-7-5-10(6-8-12)14-9-11-3-1-2-4-13(11)15(14)17/h1-8,17H,9H2. The quantitative estimate of drug-likeness (QED) is 0.705. The smallest absolute Gasteiger partial charge is 0.0406 e. The first-order chi connectivity index (χ1) is 8.25. The Kier molecular flexibility index (Phi) is 2.73. The minimum Gasteiger partial charge on any atom is -0.142 e. The zero-order chi connectivity index (χ0) is 11.8. The van der Waals surface area contributed by atoms with Crippen LogP contribution in [0, 0.1) is 0 Å². The second-order valence-electron chi connectivity index (χ2n) is 4.17. The Bertz CT molecular complexity index is 597. The van der Waals surface area contributed by atoms with Gasteiger partial charge >= 0.3 is 0 Å². The van der Waals surface area contributed by atoms with Gasteiger partial charge in [0.15, 0.2) is 0 Å². The van der Waals surface area contributed by atoms with Crippen molar-refractivity contribution < 1.29 is 0 Å². The SMILES string of the molecule is SC1=C(c2ccc(Cl)cc2)Cc2ccccc21. The van der Waals surface area contributed by atoms with Gasteiger partial charge in [0.1, 0.15) is 0 Å². The van der Waals surface area contributed by atoms with Gasteiger partial charge in [-0.3, -0.25) is 0 Å². The van der Waals surface area contributed by atoms with Crippen molar-refractivity contribution in [1.29, 1.82) is 0 Å². The molecule has 2 heteroatoms. The Hall–Kier alpha value is -1.18. The number of thiol groups is 1. The van der Waals surface area contributed by atoms with Gasteiger partial charge in [-0.2, -0.15) is 0 Å². The summed E-state index contributed by atoms with van der Waals surface area (Å²) in [7, 11) is 0. The first-order valence-electron chi connectivity index (χ1n) is 5.52. The van der Waals surface area contributed by atoms with E-state index in [9.17, 15) is 0 Å². The molecule has 0 N–H and O–H groups in total. The molecular weight excluding hydrogens is 248 g/mol. The van der Waals surface area contributed by atoms with Crippen molar-refractivity contribution in [2.24, 2.45) is 0 Å². The van der Waals surface area contributed by atoms with Crippen molar-refractivity contribution in [2.45, 2.75) is 6.42 Å². The summed E-state index contributed by atoms with van der Waals surface area (Å²) in [5.74, 6) is 0. The summed E-state index contributed by atoms with van der Waals surface area (Å²) in [6.45, 7) is 0. The van der Waals surface area contributed by atoms with Gasteiger partial charge in [0.2, 0.25) is 0 Å². The molecule has 2 aromatic rings. The van der Waals surface area contributed by atoms with Gasteiger partial charge in [0.05, 0.1) is 0 Å². The summed E-state index contributed by atoms with van der Waals surface area (Å²) in [5.41, 5.74) is 5.09. The van der Waals surface area contributed by atoms with Crippen LogP contribution in [-0.4, -0.2) is 0 Å². The molecule has 0 atom stereocenters. The van der Waals surface area contributed by atoms with E-state index >= 15 is 0 Å². The van der Waals surface area contributed by atoms with E-state index in [1.165, 1.54) is 22.3 Å². The molecule has 0 saturated heterocycles. The zero-order valence-corrected chi connectivity index (χ0v) is 10.8. The molecule has 2 aromatic carbocycles. The van der Waals surface area contributed by atoms with Gasteiger partial charge in [-0.15, -0.1) is 12.6 Å². The van der Waals surface area contributed by atoms with Crippen LogP contribution in [0.1, 0.15) is 16.7 Å². The lowest BCUT2D eigenvalue weighted by Gasteiger charge is -2.03. The van der Waals surface area contributed by atoms with Crippen molar-refractivity contribution in [2.75, 3.05) is 0 Å².